The van der Waals surface area contributed by atoms with Gasteiger partial charge in [0.2, 0.25) is 0 Å². The first kappa shape index (κ1) is 13.7. The van der Waals surface area contributed by atoms with Crippen molar-refractivity contribution < 1.29 is 9.53 Å². The highest BCUT2D eigenvalue weighted by Crippen LogP contribution is 2.22. The molecule has 0 aromatic heterocycles. The van der Waals surface area contributed by atoms with Gasteiger partial charge in [0.1, 0.15) is 0 Å². The fourth-order valence-corrected chi connectivity index (χ4v) is 2.34. The van der Waals surface area contributed by atoms with Gasteiger partial charge in [0.25, 0.3) is 0 Å². The number of benzene rings is 1. The molecule has 1 aliphatic heterocycles. The van der Waals surface area contributed by atoms with Crippen molar-refractivity contribution >= 4 is 17.3 Å². The molecular formula is C14H21N3O2. The number of nitrogens with two attached hydrogens (primary N) is 1. The monoisotopic (exact) mass is 263 g/mol. The summed E-state index contributed by atoms with van der Waals surface area (Å²) in [6.07, 6.45) is 1.07. The molecule has 0 spiro atoms. The Morgan fingerprint density at radius 1 is 1.58 bits per heavy atom. The minimum atomic E-state index is -0.330. The van der Waals surface area contributed by atoms with Gasteiger partial charge >= 0.3 is 5.97 Å². The van der Waals surface area contributed by atoms with Crippen LogP contribution in [0.4, 0.5) is 11.4 Å². The SMILES string of the molecule is CCOC(=O)c1cc(N)ccc1NC1CCN(C)C1. The smallest absolute Gasteiger partial charge is 0.340 e. The summed E-state index contributed by atoms with van der Waals surface area (Å²) in [6, 6.07) is 5.67. The zero-order chi connectivity index (χ0) is 13.8. The Hall–Kier alpha value is -1.75. The molecular weight excluding hydrogens is 242 g/mol. The predicted octanol–water partition coefficient (Wildman–Crippen LogP) is 1.56. The van der Waals surface area contributed by atoms with E-state index in [1.54, 1.807) is 19.1 Å². The minimum absolute atomic E-state index is 0.330. The molecule has 0 bridgehead atoms. The van der Waals surface area contributed by atoms with E-state index in [0.717, 1.165) is 25.2 Å². The third kappa shape index (κ3) is 3.38. The summed E-state index contributed by atoms with van der Waals surface area (Å²) < 4.78 is 5.06. The first-order chi connectivity index (χ1) is 9.10. The number of nitrogens with one attached hydrogen (secondary N) is 1. The van der Waals surface area contributed by atoms with Crippen LogP contribution in [0, 0.1) is 0 Å². The van der Waals surface area contributed by atoms with Gasteiger partial charge in [0.05, 0.1) is 12.2 Å². The number of esters is 1. The van der Waals surface area contributed by atoms with Gasteiger partial charge in [-0.05, 0) is 45.1 Å². The summed E-state index contributed by atoms with van der Waals surface area (Å²) in [5.41, 5.74) is 7.62. The average molecular weight is 263 g/mol. The highest BCUT2D eigenvalue weighted by Gasteiger charge is 2.21. The van der Waals surface area contributed by atoms with Crippen LogP contribution in [0.15, 0.2) is 18.2 Å². The predicted molar refractivity (Wildman–Crippen MR) is 76.3 cm³/mol. The number of likely N-dealkylation sites (N-methyl/N-ethyl adjacent to an activating group) is 1. The zero-order valence-corrected chi connectivity index (χ0v) is 11.5. The molecule has 1 atom stereocenters. The van der Waals surface area contributed by atoms with Gasteiger partial charge in [0.15, 0.2) is 0 Å². The summed E-state index contributed by atoms with van der Waals surface area (Å²) in [4.78, 5) is 14.2. The van der Waals surface area contributed by atoms with Crippen molar-refractivity contribution in [1.29, 1.82) is 0 Å². The third-order valence-corrected chi connectivity index (χ3v) is 3.29. The molecule has 1 aromatic carbocycles. The maximum atomic E-state index is 11.9. The lowest BCUT2D eigenvalue weighted by Gasteiger charge is -2.17. The number of nitrogen functional groups attached to an aromatic ring is 1. The lowest BCUT2D eigenvalue weighted by atomic mass is 10.1. The normalized spacial score (nSPS) is 19.4. The lowest BCUT2D eigenvalue weighted by molar-refractivity contribution is 0.0527. The van der Waals surface area contributed by atoms with Crippen LogP contribution in [-0.4, -0.2) is 43.7 Å². The molecule has 3 N–H and O–H groups in total. The second-order valence-electron chi connectivity index (χ2n) is 4.92. The summed E-state index contributed by atoms with van der Waals surface area (Å²) in [6.45, 7) is 4.20. The number of ether oxygens (including phenoxy) is 1. The zero-order valence-electron chi connectivity index (χ0n) is 11.5. The molecule has 1 fully saturated rings. The molecule has 0 aliphatic carbocycles. The first-order valence-corrected chi connectivity index (χ1v) is 6.62. The molecule has 104 valence electrons. The van der Waals surface area contributed by atoms with E-state index >= 15 is 0 Å². The largest absolute Gasteiger partial charge is 0.462 e. The van der Waals surface area contributed by atoms with E-state index in [9.17, 15) is 4.79 Å². The minimum Gasteiger partial charge on any atom is -0.462 e. The van der Waals surface area contributed by atoms with E-state index < -0.39 is 0 Å². The number of nitrogens with zero attached hydrogens (tertiary/aromatic N) is 1. The maximum Gasteiger partial charge on any atom is 0.340 e. The van der Waals surface area contributed by atoms with Gasteiger partial charge in [-0.2, -0.15) is 0 Å². The van der Waals surface area contributed by atoms with E-state index in [-0.39, 0.29) is 5.97 Å². The Balaban J connectivity index is 2.17. The van der Waals surface area contributed by atoms with E-state index in [4.69, 9.17) is 10.5 Å². The highest BCUT2D eigenvalue weighted by atomic mass is 16.5. The highest BCUT2D eigenvalue weighted by molar-refractivity contribution is 5.96. The van der Waals surface area contributed by atoms with Crippen LogP contribution < -0.4 is 11.1 Å². The van der Waals surface area contributed by atoms with Crippen molar-refractivity contribution in [3.63, 3.8) is 0 Å². The van der Waals surface area contributed by atoms with Gasteiger partial charge in [-0.3, -0.25) is 0 Å². The Morgan fingerprint density at radius 2 is 2.37 bits per heavy atom. The van der Waals surface area contributed by atoms with Crippen LogP contribution in [0.25, 0.3) is 0 Å². The van der Waals surface area contributed by atoms with Crippen molar-refractivity contribution in [2.75, 3.05) is 37.8 Å². The molecule has 1 aromatic rings. The number of carbonyl (C=O) groups is 1. The van der Waals surface area contributed by atoms with E-state index in [0.29, 0.717) is 23.9 Å². The quantitative estimate of drug-likeness (QED) is 0.637. The van der Waals surface area contributed by atoms with Crippen LogP contribution in [0.5, 0.6) is 0 Å². The molecule has 2 rings (SSSR count). The number of hydrogen-bond acceptors (Lipinski definition) is 5. The van der Waals surface area contributed by atoms with E-state index in [1.807, 2.05) is 6.07 Å². The number of likely N-dealkylation sites (tertiary alicyclic amines) is 1. The van der Waals surface area contributed by atoms with Gasteiger partial charge in [-0.25, -0.2) is 4.79 Å². The number of hydrogen-bond donors (Lipinski definition) is 2. The molecule has 1 heterocycles. The average Bonchev–Trinajstić information content (AvgIpc) is 2.77. The number of anilines is 2. The fourth-order valence-electron chi connectivity index (χ4n) is 2.34. The van der Waals surface area contributed by atoms with Crippen LogP contribution >= 0.6 is 0 Å². The summed E-state index contributed by atoms with van der Waals surface area (Å²) >= 11 is 0. The summed E-state index contributed by atoms with van der Waals surface area (Å²) in [7, 11) is 2.09. The number of rotatable bonds is 4. The molecule has 1 saturated heterocycles. The molecule has 0 radical (unpaired) electrons. The second kappa shape index (κ2) is 5.93. The van der Waals surface area contributed by atoms with Crippen molar-refractivity contribution in [3.8, 4) is 0 Å². The van der Waals surface area contributed by atoms with Gasteiger partial charge in [-0.15, -0.1) is 0 Å². The van der Waals surface area contributed by atoms with Gasteiger partial charge in [0, 0.05) is 24.0 Å². The van der Waals surface area contributed by atoms with Crippen LogP contribution in [-0.2, 0) is 4.74 Å². The van der Waals surface area contributed by atoms with Gasteiger partial charge in [-0.1, -0.05) is 0 Å². The van der Waals surface area contributed by atoms with Crippen LogP contribution in [0.1, 0.15) is 23.7 Å². The summed E-state index contributed by atoms with van der Waals surface area (Å²) in [5.74, 6) is -0.330. The second-order valence-corrected chi connectivity index (χ2v) is 4.92. The Labute approximate surface area is 113 Å². The third-order valence-electron chi connectivity index (χ3n) is 3.29. The lowest BCUT2D eigenvalue weighted by Crippen LogP contribution is -2.24. The molecule has 1 unspecified atom stereocenters. The molecule has 19 heavy (non-hydrogen) atoms. The molecule has 5 heteroatoms. The van der Waals surface area contributed by atoms with Crippen molar-refractivity contribution in [3.05, 3.63) is 23.8 Å². The van der Waals surface area contributed by atoms with Crippen molar-refractivity contribution in [2.24, 2.45) is 0 Å². The van der Waals surface area contributed by atoms with E-state index in [1.165, 1.54) is 0 Å². The van der Waals surface area contributed by atoms with E-state index in [2.05, 4.69) is 17.3 Å². The summed E-state index contributed by atoms with van der Waals surface area (Å²) in [5, 5.41) is 3.41. The van der Waals surface area contributed by atoms with Crippen LogP contribution in [0.2, 0.25) is 0 Å². The molecule has 1 aliphatic rings. The topological polar surface area (TPSA) is 67.6 Å². The Kier molecular flexibility index (Phi) is 4.27. The Morgan fingerprint density at radius 3 is 3.00 bits per heavy atom. The standard InChI is InChI=1S/C14H21N3O2/c1-3-19-14(18)12-8-10(15)4-5-13(12)16-11-6-7-17(2)9-11/h4-5,8,11,16H,3,6-7,9,15H2,1-2H3. The van der Waals surface area contributed by atoms with Crippen molar-refractivity contribution in [1.82, 2.24) is 4.90 Å². The fraction of sp³-hybridized carbons (Fsp3) is 0.500. The maximum absolute atomic E-state index is 11.9. The van der Waals surface area contributed by atoms with Gasteiger partial charge < -0.3 is 20.7 Å². The molecule has 5 nitrogen and oxygen atoms in total. The number of carbonyl (C=O) groups excluding carboxylic acids is 1. The first-order valence-electron chi connectivity index (χ1n) is 6.62. The Bertz CT molecular complexity index is 462. The molecule has 0 saturated carbocycles. The van der Waals surface area contributed by atoms with Crippen molar-refractivity contribution in [2.45, 2.75) is 19.4 Å². The van der Waals surface area contributed by atoms with Crippen LogP contribution in [0.3, 0.4) is 0 Å². The molecule has 0 amide bonds.